The highest BCUT2D eigenvalue weighted by Gasteiger charge is 2.21. The SMILES string of the molecule is [2H]c1c([2H])c([2H])c2c(-c3c([2H])c([2H])c4c(-c5c([2H])c([2H])c([2H])c6c([2H])c([2H])c([2H])c([2H])c56)c5c([2H])c([2H])c([2H])c([2H])c5c(-c5c([2H])c6c([2H])c([2H])c([2H])c([2H])c6c6c([2H])c([2H])c([2H])c([2H])c56)c4c3[2H])c([2H])c([2H])c([2H])c2c1[2H]. The van der Waals surface area contributed by atoms with Crippen LogP contribution in [0.1, 0.15) is 41.1 Å². The minimum atomic E-state index is -1.17. The third-order valence-electron chi connectivity index (χ3n) is 8.00. The van der Waals surface area contributed by atoms with E-state index in [1.54, 1.807) is 0 Å². The topological polar surface area (TPSA) is 0 Å². The Balaban J connectivity index is 1.69. The molecule has 10 rings (SSSR count). The molecule has 0 aliphatic heterocycles. The molecular weight excluding hydrogens is 577 g/mol. The highest BCUT2D eigenvalue weighted by atomic mass is 14.2. The molecule has 0 N–H and O–H groups in total. The smallest absolute Gasteiger partial charge is 0.0616 e. The fraction of sp³-hybridized carbons (Fsp3) is 0. The van der Waals surface area contributed by atoms with E-state index in [1.807, 2.05) is 0 Å². The summed E-state index contributed by atoms with van der Waals surface area (Å²) in [5.74, 6) is 0. The van der Waals surface area contributed by atoms with E-state index < -0.39 is 279 Å². The van der Waals surface area contributed by atoms with Gasteiger partial charge in [-0.15, -0.1) is 0 Å². The summed E-state index contributed by atoms with van der Waals surface area (Å²) < 4.78 is 274. The van der Waals surface area contributed by atoms with Gasteiger partial charge >= 0.3 is 0 Å². The summed E-state index contributed by atoms with van der Waals surface area (Å²) in [5, 5.41) is -9.17. The van der Waals surface area contributed by atoms with E-state index in [0.717, 1.165) is 0 Å². The standard InChI is InChI=1S/C48H30/c1-4-18-35-31(13-1)16-11-25-37(35)34-27-28-44-46(30-34)48(45-29-33-15-3-6-20-38(33)39-21-7-8-22-40(39)45)43-24-10-9-23-42(43)47(44)41-26-12-17-32-14-2-5-19-36(32)41/h1-30H/i1D,2D,3D,4D,5D,6D,7D,8D,9D,10D,11D,12D,13D,14D,15D,16D,17D,18D,19D,20D,21D,22D,23D,24D,25D,26D,27D,28D,29D,30D. The van der Waals surface area contributed by atoms with Gasteiger partial charge in [-0.25, -0.2) is 0 Å². The van der Waals surface area contributed by atoms with Crippen molar-refractivity contribution in [3.63, 3.8) is 0 Å². The maximum Gasteiger partial charge on any atom is 0.0636 e. The fourth-order valence-electron chi connectivity index (χ4n) is 6.00. The van der Waals surface area contributed by atoms with Crippen LogP contribution < -0.4 is 0 Å². The van der Waals surface area contributed by atoms with Gasteiger partial charge in [-0.2, -0.15) is 0 Å². The summed E-state index contributed by atoms with van der Waals surface area (Å²) >= 11 is 0. The largest absolute Gasteiger partial charge is 0.0636 e. The van der Waals surface area contributed by atoms with Gasteiger partial charge < -0.3 is 0 Å². The van der Waals surface area contributed by atoms with E-state index in [4.69, 9.17) is 26.0 Å². The molecule has 48 heavy (non-hydrogen) atoms. The summed E-state index contributed by atoms with van der Waals surface area (Å²) in [6.45, 7) is 0. The van der Waals surface area contributed by atoms with Gasteiger partial charge in [-0.3, -0.25) is 0 Å². The Labute approximate surface area is 321 Å². The molecule has 0 heterocycles. The molecule has 0 radical (unpaired) electrons. The number of benzene rings is 10. The normalized spacial score (nSPS) is 20.5. The number of hydrogen-bond acceptors (Lipinski definition) is 0. The van der Waals surface area contributed by atoms with Crippen LogP contribution in [0.4, 0.5) is 0 Å². The molecule has 0 aromatic heterocycles. The van der Waals surface area contributed by atoms with Gasteiger partial charge in [0.2, 0.25) is 0 Å². The van der Waals surface area contributed by atoms with Gasteiger partial charge in [-0.05, 0) is 110 Å². The van der Waals surface area contributed by atoms with Crippen molar-refractivity contribution in [2.45, 2.75) is 0 Å². The molecule has 0 heteroatoms. The lowest BCUT2D eigenvalue weighted by atomic mass is 9.82. The molecule has 0 nitrogen and oxygen atoms in total. The molecular formula is C48H30. The molecule has 10 aromatic carbocycles. The Kier molecular flexibility index (Phi) is 2.36. The van der Waals surface area contributed by atoms with Crippen molar-refractivity contribution in [1.29, 1.82) is 0 Å². The van der Waals surface area contributed by atoms with E-state index in [-0.39, 0.29) is 0 Å². The third-order valence-corrected chi connectivity index (χ3v) is 8.00. The van der Waals surface area contributed by atoms with E-state index in [1.165, 1.54) is 0 Å². The lowest BCUT2D eigenvalue weighted by molar-refractivity contribution is 1.67. The molecule has 0 fully saturated rings. The molecule has 0 saturated heterocycles. The molecule has 0 saturated carbocycles. The first-order valence-electron chi connectivity index (χ1n) is 29.2. The summed E-state index contributed by atoms with van der Waals surface area (Å²) in [6.07, 6.45) is 0. The number of rotatable bonds is 3. The number of fused-ring (bicyclic) bond motifs is 7. The predicted octanol–water partition coefficient (Wildman–Crippen LogP) is 13.6. The second-order valence-corrected chi connectivity index (χ2v) is 10.5. The van der Waals surface area contributed by atoms with E-state index in [0.29, 0.717) is 0 Å². The van der Waals surface area contributed by atoms with Crippen LogP contribution in [0.25, 0.3) is 98.0 Å². The van der Waals surface area contributed by atoms with Gasteiger partial charge in [-0.1, -0.05) is 169 Å². The van der Waals surface area contributed by atoms with Gasteiger partial charge in [0.15, 0.2) is 0 Å². The summed E-state index contributed by atoms with van der Waals surface area (Å²) in [6, 6.07) is -30.0. The number of hydrogen-bond donors (Lipinski definition) is 0. The Morgan fingerprint density at radius 1 is 0.250 bits per heavy atom. The zero-order valence-electron chi connectivity index (χ0n) is 54.0. The second kappa shape index (κ2) is 10.7. The monoisotopic (exact) mass is 636 g/mol. The Morgan fingerprint density at radius 2 is 0.708 bits per heavy atom. The van der Waals surface area contributed by atoms with Crippen molar-refractivity contribution >= 4 is 64.6 Å². The van der Waals surface area contributed by atoms with E-state index in [2.05, 4.69) is 0 Å². The Morgan fingerprint density at radius 3 is 1.40 bits per heavy atom. The highest BCUT2D eigenvalue weighted by molar-refractivity contribution is 6.27. The molecule has 0 amide bonds. The van der Waals surface area contributed by atoms with Crippen molar-refractivity contribution < 1.29 is 41.1 Å². The second-order valence-electron chi connectivity index (χ2n) is 10.5. The van der Waals surface area contributed by atoms with Gasteiger partial charge in [0, 0.05) is 0 Å². The summed E-state index contributed by atoms with van der Waals surface area (Å²) in [5.41, 5.74) is -5.18. The molecule has 222 valence electrons. The maximum absolute atomic E-state index is 10.4. The van der Waals surface area contributed by atoms with Crippen molar-refractivity contribution in [1.82, 2.24) is 0 Å². The first-order chi connectivity index (χ1) is 36.3. The molecule has 10 aromatic rings. The first-order valence-corrected chi connectivity index (χ1v) is 14.2. The van der Waals surface area contributed by atoms with Gasteiger partial charge in [0.25, 0.3) is 0 Å². The van der Waals surface area contributed by atoms with Crippen LogP contribution in [0.2, 0.25) is 0 Å². The molecule has 0 aliphatic carbocycles. The van der Waals surface area contributed by atoms with Crippen molar-refractivity contribution in [3.05, 3.63) is 181 Å². The summed E-state index contributed by atoms with van der Waals surface area (Å²) in [7, 11) is 0. The maximum atomic E-state index is 10.4. The van der Waals surface area contributed by atoms with E-state index >= 15 is 0 Å². The van der Waals surface area contributed by atoms with Crippen molar-refractivity contribution in [2.24, 2.45) is 0 Å². The van der Waals surface area contributed by atoms with Crippen molar-refractivity contribution in [3.8, 4) is 33.4 Å². The molecule has 0 spiro atoms. The first kappa shape index (κ1) is 10.6. The third kappa shape index (κ3) is 4.03. The van der Waals surface area contributed by atoms with Crippen LogP contribution in [0, 0.1) is 0 Å². The lowest BCUT2D eigenvalue weighted by Crippen LogP contribution is -1.94. The Bertz CT molecular complexity index is 4580. The zero-order chi connectivity index (χ0) is 57.7. The van der Waals surface area contributed by atoms with Crippen molar-refractivity contribution in [2.75, 3.05) is 0 Å². The van der Waals surface area contributed by atoms with Gasteiger partial charge in [0.1, 0.15) is 0 Å². The quantitative estimate of drug-likeness (QED) is 0.134. The zero-order valence-corrected chi connectivity index (χ0v) is 24.0. The summed E-state index contributed by atoms with van der Waals surface area (Å²) in [4.78, 5) is 0. The van der Waals surface area contributed by atoms with Crippen LogP contribution in [0.5, 0.6) is 0 Å². The average Bonchev–Trinajstić information content (AvgIpc) is 3.41. The van der Waals surface area contributed by atoms with Crippen LogP contribution in [-0.2, 0) is 0 Å². The van der Waals surface area contributed by atoms with Crippen LogP contribution in [0.3, 0.4) is 0 Å². The lowest BCUT2D eigenvalue weighted by Gasteiger charge is -2.21. The van der Waals surface area contributed by atoms with E-state index in [9.17, 15) is 15.1 Å². The molecule has 0 unspecified atom stereocenters. The van der Waals surface area contributed by atoms with Gasteiger partial charge in [0.05, 0.1) is 41.1 Å². The minimum Gasteiger partial charge on any atom is -0.0616 e. The van der Waals surface area contributed by atoms with Crippen LogP contribution in [0.15, 0.2) is 181 Å². The van der Waals surface area contributed by atoms with Crippen LogP contribution in [-0.4, -0.2) is 0 Å². The minimum absolute atomic E-state index is 0.624. The van der Waals surface area contributed by atoms with Crippen LogP contribution >= 0.6 is 0 Å². The highest BCUT2D eigenvalue weighted by Crippen LogP contribution is 2.48. The fourth-order valence-corrected chi connectivity index (χ4v) is 6.00. The average molecular weight is 637 g/mol. The Hall–Kier alpha value is -6.24. The predicted molar refractivity (Wildman–Crippen MR) is 208 cm³/mol. The molecule has 0 aliphatic rings. The molecule has 0 atom stereocenters. The molecule has 0 bridgehead atoms.